The minimum atomic E-state index is 0.168. The van der Waals surface area contributed by atoms with Crippen molar-refractivity contribution in [1.29, 1.82) is 0 Å². The second-order valence-corrected chi connectivity index (χ2v) is 4.50. The molecule has 1 amide bonds. The summed E-state index contributed by atoms with van der Waals surface area (Å²) in [5, 5.41) is 5.99. The van der Waals surface area contributed by atoms with Crippen LogP contribution >= 0.6 is 0 Å². The van der Waals surface area contributed by atoms with E-state index in [0.717, 1.165) is 25.9 Å². The summed E-state index contributed by atoms with van der Waals surface area (Å²) in [5.41, 5.74) is 0.221. The van der Waals surface area contributed by atoms with Gasteiger partial charge in [-0.25, -0.2) is 0 Å². The van der Waals surface area contributed by atoms with E-state index in [0.29, 0.717) is 6.42 Å². The van der Waals surface area contributed by atoms with Crippen LogP contribution in [0.4, 0.5) is 0 Å². The largest absolute Gasteiger partial charge is 0.356 e. The van der Waals surface area contributed by atoms with E-state index in [-0.39, 0.29) is 11.3 Å². The van der Waals surface area contributed by atoms with Crippen LogP contribution in [0.15, 0.2) is 0 Å². The second-order valence-electron chi connectivity index (χ2n) is 4.50. The van der Waals surface area contributed by atoms with E-state index in [2.05, 4.69) is 31.4 Å². The predicted molar refractivity (Wildman–Crippen MR) is 60.2 cm³/mol. The van der Waals surface area contributed by atoms with Gasteiger partial charge in [0, 0.05) is 13.0 Å². The van der Waals surface area contributed by atoms with Crippen molar-refractivity contribution < 1.29 is 4.79 Å². The molecule has 0 aliphatic heterocycles. The molecule has 0 rings (SSSR count). The summed E-state index contributed by atoms with van der Waals surface area (Å²) in [5.74, 6) is 0.168. The molecule has 84 valence electrons. The molecule has 0 saturated heterocycles. The highest BCUT2D eigenvalue weighted by molar-refractivity contribution is 5.75. The van der Waals surface area contributed by atoms with Crippen molar-refractivity contribution >= 4 is 5.91 Å². The molecule has 0 fully saturated rings. The van der Waals surface area contributed by atoms with E-state index >= 15 is 0 Å². The molecule has 2 N–H and O–H groups in total. The third-order valence-electron chi connectivity index (χ3n) is 2.55. The fourth-order valence-corrected chi connectivity index (χ4v) is 0.977. The van der Waals surface area contributed by atoms with Crippen molar-refractivity contribution in [2.45, 2.75) is 40.0 Å². The van der Waals surface area contributed by atoms with Crippen molar-refractivity contribution in [2.24, 2.45) is 5.41 Å². The average Bonchev–Trinajstić information content (AvgIpc) is 2.16. The molecule has 3 heteroatoms. The highest BCUT2D eigenvalue weighted by Gasteiger charge is 2.15. The molecule has 0 aliphatic rings. The number of nitrogens with one attached hydrogen (secondary N) is 2. The van der Waals surface area contributed by atoms with Crippen molar-refractivity contribution in [3.63, 3.8) is 0 Å². The van der Waals surface area contributed by atoms with Crippen LogP contribution in [0.5, 0.6) is 0 Å². The van der Waals surface area contributed by atoms with E-state index in [1.807, 2.05) is 7.05 Å². The molecular weight excluding hydrogens is 176 g/mol. The molecule has 0 aromatic carbocycles. The van der Waals surface area contributed by atoms with Gasteiger partial charge in [0.1, 0.15) is 0 Å². The zero-order valence-corrected chi connectivity index (χ0v) is 9.94. The Bertz CT molecular complexity index is 167. The van der Waals surface area contributed by atoms with Gasteiger partial charge >= 0.3 is 0 Å². The summed E-state index contributed by atoms with van der Waals surface area (Å²) in [6.45, 7) is 8.17. The molecule has 0 atom stereocenters. The number of carbonyl (C=O) groups is 1. The van der Waals surface area contributed by atoms with Gasteiger partial charge < -0.3 is 10.6 Å². The third kappa shape index (κ3) is 6.89. The number of rotatable bonds is 7. The Morgan fingerprint density at radius 1 is 1.36 bits per heavy atom. The lowest BCUT2D eigenvalue weighted by Crippen LogP contribution is -2.33. The van der Waals surface area contributed by atoms with Crippen molar-refractivity contribution in [1.82, 2.24) is 10.6 Å². The van der Waals surface area contributed by atoms with Crippen LogP contribution in [-0.2, 0) is 4.79 Å². The lowest BCUT2D eigenvalue weighted by Gasteiger charge is -2.22. The van der Waals surface area contributed by atoms with Gasteiger partial charge in [0.15, 0.2) is 0 Å². The van der Waals surface area contributed by atoms with Crippen LogP contribution in [0.2, 0.25) is 0 Å². The van der Waals surface area contributed by atoms with Gasteiger partial charge in [-0.1, -0.05) is 20.8 Å². The van der Waals surface area contributed by atoms with Crippen molar-refractivity contribution in [3.05, 3.63) is 0 Å². The number of amides is 1. The maximum absolute atomic E-state index is 11.3. The van der Waals surface area contributed by atoms with Gasteiger partial charge in [0.25, 0.3) is 0 Å². The van der Waals surface area contributed by atoms with Gasteiger partial charge in [0.05, 0.1) is 0 Å². The lowest BCUT2D eigenvalue weighted by atomic mass is 9.90. The first-order valence-corrected chi connectivity index (χ1v) is 5.43. The van der Waals surface area contributed by atoms with Gasteiger partial charge in [-0.05, 0) is 31.8 Å². The first-order chi connectivity index (χ1) is 6.52. The van der Waals surface area contributed by atoms with E-state index in [9.17, 15) is 4.79 Å². The maximum Gasteiger partial charge on any atom is 0.220 e. The molecule has 0 heterocycles. The van der Waals surface area contributed by atoms with Crippen molar-refractivity contribution in [2.75, 3.05) is 20.1 Å². The Morgan fingerprint density at radius 2 is 2.00 bits per heavy atom. The fraction of sp³-hybridized carbons (Fsp3) is 0.909. The molecular formula is C11H24N2O. The first-order valence-electron chi connectivity index (χ1n) is 5.43. The van der Waals surface area contributed by atoms with E-state index in [1.54, 1.807) is 0 Å². The lowest BCUT2D eigenvalue weighted by molar-refractivity contribution is -0.121. The summed E-state index contributed by atoms with van der Waals surface area (Å²) in [7, 11) is 1.90. The fourth-order valence-electron chi connectivity index (χ4n) is 0.977. The maximum atomic E-state index is 11.3. The smallest absolute Gasteiger partial charge is 0.220 e. The zero-order valence-electron chi connectivity index (χ0n) is 9.94. The minimum Gasteiger partial charge on any atom is -0.356 e. The Morgan fingerprint density at radius 3 is 2.50 bits per heavy atom. The molecule has 0 unspecified atom stereocenters. The van der Waals surface area contributed by atoms with Gasteiger partial charge in [0.2, 0.25) is 5.91 Å². The molecule has 0 aromatic rings. The average molecular weight is 200 g/mol. The van der Waals surface area contributed by atoms with Gasteiger partial charge in [-0.3, -0.25) is 4.79 Å². The Kier molecular flexibility index (Phi) is 6.54. The normalized spacial score (nSPS) is 11.4. The van der Waals surface area contributed by atoms with E-state index in [4.69, 9.17) is 0 Å². The summed E-state index contributed by atoms with van der Waals surface area (Å²) in [6.07, 6.45) is 2.62. The highest BCUT2D eigenvalue weighted by atomic mass is 16.1. The Hall–Kier alpha value is -0.570. The van der Waals surface area contributed by atoms with Crippen LogP contribution in [0.3, 0.4) is 0 Å². The van der Waals surface area contributed by atoms with Crippen LogP contribution in [0.25, 0.3) is 0 Å². The molecule has 0 aromatic heterocycles. The number of hydrogen-bond acceptors (Lipinski definition) is 2. The van der Waals surface area contributed by atoms with E-state index in [1.165, 1.54) is 0 Å². The monoisotopic (exact) mass is 200 g/mol. The zero-order chi connectivity index (χ0) is 11.0. The van der Waals surface area contributed by atoms with Crippen LogP contribution in [0.1, 0.15) is 40.0 Å². The first kappa shape index (κ1) is 13.4. The van der Waals surface area contributed by atoms with Crippen LogP contribution < -0.4 is 10.6 Å². The van der Waals surface area contributed by atoms with Crippen molar-refractivity contribution in [3.8, 4) is 0 Å². The highest BCUT2D eigenvalue weighted by Crippen LogP contribution is 2.17. The summed E-state index contributed by atoms with van der Waals surface area (Å²) < 4.78 is 0. The molecule has 14 heavy (non-hydrogen) atoms. The molecule has 0 aliphatic carbocycles. The van der Waals surface area contributed by atoms with E-state index < -0.39 is 0 Å². The SMILES string of the molecule is CCC(C)(C)CNC(=O)CCCNC. The Labute approximate surface area is 87.6 Å². The minimum absolute atomic E-state index is 0.168. The standard InChI is InChI=1S/C11H24N2O/c1-5-11(2,3)9-13-10(14)7-6-8-12-4/h12H,5-9H2,1-4H3,(H,13,14). The summed E-state index contributed by atoms with van der Waals surface area (Å²) in [4.78, 5) is 11.3. The molecule has 0 saturated carbocycles. The van der Waals surface area contributed by atoms with Gasteiger partial charge in [-0.15, -0.1) is 0 Å². The summed E-state index contributed by atoms with van der Waals surface area (Å²) >= 11 is 0. The quantitative estimate of drug-likeness (QED) is 0.612. The second kappa shape index (κ2) is 6.82. The van der Waals surface area contributed by atoms with Crippen LogP contribution in [-0.4, -0.2) is 26.0 Å². The molecule has 0 spiro atoms. The number of carbonyl (C=O) groups excluding carboxylic acids is 1. The molecule has 3 nitrogen and oxygen atoms in total. The summed E-state index contributed by atoms with van der Waals surface area (Å²) in [6, 6.07) is 0. The van der Waals surface area contributed by atoms with Gasteiger partial charge in [-0.2, -0.15) is 0 Å². The molecule has 0 bridgehead atoms. The Balaban J connectivity index is 3.53. The van der Waals surface area contributed by atoms with Crippen LogP contribution in [0, 0.1) is 5.41 Å². The third-order valence-corrected chi connectivity index (χ3v) is 2.55. The number of hydrogen-bond donors (Lipinski definition) is 2. The topological polar surface area (TPSA) is 41.1 Å². The molecule has 0 radical (unpaired) electrons. The predicted octanol–water partition coefficient (Wildman–Crippen LogP) is 1.54.